The van der Waals surface area contributed by atoms with Gasteiger partial charge >= 0.3 is 0 Å². The standard InChI is InChI=1S/C11H13N3O2/c12-5-1-2-6-16-10-4-3-8(13)7-9(10)11(14)15/h3-4,7H,1-2,6,13H2,(H2,14,15). The number of primary amides is 1. The SMILES string of the molecule is N#CCCCOc1ccc(N)cc1C(N)=O. The molecule has 5 nitrogen and oxygen atoms in total. The van der Waals surface area contributed by atoms with E-state index in [0.717, 1.165) is 0 Å². The fourth-order valence-electron chi connectivity index (χ4n) is 1.20. The van der Waals surface area contributed by atoms with Crippen LogP contribution in [0.25, 0.3) is 0 Å². The average molecular weight is 219 g/mol. The van der Waals surface area contributed by atoms with E-state index >= 15 is 0 Å². The van der Waals surface area contributed by atoms with Crippen molar-refractivity contribution in [2.45, 2.75) is 12.8 Å². The Morgan fingerprint density at radius 1 is 1.50 bits per heavy atom. The Balaban J connectivity index is 2.72. The Kier molecular flexibility index (Phi) is 4.16. The number of nitrogen functional groups attached to an aromatic ring is 1. The molecule has 0 spiro atoms. The molecular formula is C11H13N3O2. The summed E-state index contributed by atoms with van der Waals surface area (Å²) in [4.78, 5) is 11.1. The van der Waals surface area contributed by atoms with E-state index in [-0.39, 0.29) is 5.56 Å². The van der Waals surface area contributed by atoms with Crippen LogP contribution >= 0.6 is 0 Å². The molecule has 0 bridgehead atoms. The molecule has 1 aromatic carbocycles. The number of hydrogen-bond acceptors (Lipinski definition) is 4. The maximum absolute atomic E-state index is 11.1. The molecule has 0 aliphatic heterocycles. The van der Waals surface area contributed by atoms with Gasteiger partial charge in [-0.25, -0.2) is 0 Å². The Morgan fingerprint density at radius 2 is 2.25 bits per heavy atom. The molecular weight excluding hydrogens is 206 g/mol. The Hall–Kier alpha value is -2.22. The molecule has 0 unspecified atom stereocenters. The molecule has 1 rings (SSSR count). The highest BCUT2D eigenvalue weighted by Crippen LogP contribution is 2.21. The van der Waals surface area contributed by atoms with Crippen LogP contribution in [0.2, 0.25) is 0 Å². The maximum atomic E-state index is 11.1. The molecule has 5 heteroatoms. The molecule has 1 amide bonds. The van der Waals surface area contributed by atoms with E-state index in [1.54, 1.807) is 12.1 Å². The summed E-state index contributed by atoms with van der Waals surface area (Å²) in [5.74, 6) is -0.178. The lowest BCUT2D eigenvalue weighted by atomic mass is 10.1. The molecule has 0 saturated heterocycles. The van der Waals surface area contributed by atoms with Gasteiger partial charge in [0.05, 0.1) is 18.2 Å². The summed E-state index contributed by atoms with van der Waals surface area (Å²) in [6.45, 7) is 0.373. The summed E-state index contributed by atoms with van der Waals surface area (Å²) in [7, 11) is 0. The first kappa shape index (κ1) is 11.9. The highest BCUT2D eigenvalue weighted by atomic mass is 16.5. The number of ether oxygens (including phenoxy) is 1. The summed E-state index contributed by atoms with van der Waals surface area (Å²) < 4.78 is 5.35. The van der Waals surface area contributed by atoms with Crippen molar-refractivity contribution >= 4 is 11.6 Å². The van der Waals surface area contributed by atoms with Gasteiger partial charge < -0.3 is 16.2 Å². The number of amides is 1. The van der Waals surface area contributed by atoms with Gasteiger partial charge in [-0.1, -0.05) is 0 Å². The summed E-state index contributed by atoms with van der Waals surface area (Å²) >= 11 is 0. The molecule has 0 atom stereocenters. The van der Waals surface area contributed by atoms with Crippen LogP contribution in [0, 0.1) is 11.3 Å². The molecule has 1 aromatic rings. The minimum absolute atomic E-state index is 0.261. The molecule has 0 saturated carbocycles. The van der Waals surface area contributed by atoms with Crippen molar-refractivity contribution in [1.29, 1.82) is 5.26 Å². The molecule has 0 aliphatic rings. The third kappa shape index (κ3) is 3.17. The monoisotopic (exact) mass is 219 g/mol. The van der Waals surface area contributed by atoms with E-state index in [4.69, 9.17) is 21.5 Å². The van der Waals surface area contributed by atoms with E-state index < -0.39 is 5.91 Å². The lowest BCUT2D eigenvalue weighted by Gasteiger charge is -2.09. The van der Waals surface area contributed by atoms with Crippen molar-refractivity contribution in [2.75, 3.05) is 12.3 Å². The summed E-state index contributed by atoms with van der Waals surface area (Å²) in [6, 6.07) is 6.71. The van der Waals surface area contributed by atoms with Gasteiger partial charge in [0, 0.05) is 12.1 Å². The van der Waals surface area contributed by atoms with E-state index in [1.807, 2.05) is 6.07 Å². The van der Waals surface area contributed by atoms with Gasteiger partial charge in [0.2, 0.25) is 0 Å². The zero-order valence-corrected chi connectivity index (χ0v) is 8.77. The molecule has 0 aliphatic carbocycles. The fraction of sp³-hybridized carbons (Fsp3) is 0.273. The third-order valence-corrected chi connectivity index (χ3v) is 1.96. The number of benzene rings is 1. The van der Waals surface area contributed by atoms with Crippen LogP contribution < -0.4 is 16.2 Å². The molecule has 84 valence electrons. The lowest BCUT2D eigenvalue weighted by Crippen LogP contribution is -2.13. The number of rotatable bonds is 5. The summed E-state index contributed by atoms with van der Waals surface area (Å²) in [6.07, 6.45) is 1.03. The Bertz CT molecular complexity index is 424. The first-order chi connectivity index (χ1) is 7.65. The first-order valence-electron chi connectivity index (χ1n) is 4.84. The van der Waals surface area contributed by atoms with Crippen LogP contribution in [0.3, 0.4) is 0 Å². The van der Waals surface area contributed by atoms with Crippen LogP contribution in [-0.4, -0.2) is 12.5 Å². The molecule has 16 heavy (non-hydrogen) atoms. The number of unbranched alkanes of at least 4 members (excludes halogenated alkanes) is 1. The highest BCUT2D eigenvalue weighted by Gasteiger charge is 2.09. The number of nitriles is 1. The number of carbonyl (C=O) groups is 1. The number of anilines is 1. The van der Waals surface area contributed by atoms with Gasteiger partial charge in [-0.15, -0.1) is 0 Å². The van der Waals surface area contributed by atoms with Crippen molar-refractivity contribution in [2.24, 2.45) is 5.73 Å². The van der Waals surface area contributed by atoms with Gasteiger partial charge in [-0.3, -0.25) is 4.79 Å². The number of hydrogen-bond donors (Lipinski definition) is 2. The average Bonchev–Trinajstić information content (AvgIpc) is 2.26. The van der Waals surface area contributed by atoms with Crippen molar-refractivity contribution in [3.63, 3.8) is 0 Å². The second-order valence-corrected chi connectivity index (χ2v) is 3.23. The second kappa shape index (κ2) is 5.61. The topological polar surface area (TPSA) is 102 Å². The number of nitrogens with zero attached hydrogens (tertiary/aromatic N) is 1. The van der Waals surface area contributed by atoms with Crippen molar-refractivity contribution in [3.8, 4) is 11.8 Å². The third-order valence-electron chi connectivity index (χ3n) is 1.96. The smallest absolute Gasteiger partial charge is 0.252 e. The van der Waals surface area contributed by atoms with Crippen molar-refractivity contribution in [3.05, 3.63) is 23.8 Å². The normalized spacial score (nSPS) is 9.44. The van der Waals surface area contributed by atoms with Crippen LogP contribution in [0.15, 0.2) is 18.2 Å². The molecule has 4 N–H and O–H groups in total. The molecule has 0 fully saturated rings. The van der Waals surface area contributed by atoms with E-state index in [2.05, 4.69) is 0 Å². The van der Waals surface area contributed by atoms with Crippen molar-refractivity contribution < 1.29 is 9.53 Å². The zero-order valence-electron chi connectivity index (χ0n) is 8.77. The van der Waals surface area contributed by atoms with Gasteiger partial charge in [0.15, 0.2) is 0 Å². The first-order valence-corrected chi connectivity index (χ1v) is 4.84. The van der Waals surface area contributed by atoms with Gasteiger partial charge in [0.25, 0.3) is 5.91 Å². The predicted octanol–water partition coefficient (Wildman–Crippen LogP) is 1.05. The summed E-state index contributed by atoms with van der Waals surface area (Å²) in [5, 5.41) is 8.35. The van der Waals surface area contributed by atoms with Crippen molar-refractivity contribution in [1.82, 2.24) is 0 Å². The Labute approximate surface area is 93.6 Å². The van der Waals surface area contributed by atoms with Crippen LogP contribution in [-0.2, 0) is 0 Å². The Morgan fingerprint density at radius 3 is 2.88 bits per heavy atom. The lowest BCUT2D eigenvalue weighted by molar-refractivity contribution is 0.0996. The zero-order chi connectivity index (χ0) is 12.0. The van der Waals surface area contributed by atoms with E-state index in [1.165, 1.54) is 6.07 Å². The maximum Gasteiger partial charge on any atom is 0.252 e. The fourth-order valence-corrected chi connectivity index (χ4v) is 1.20. The quantitative estimate of drug-likeness (QED) is 0.570. The second-order valence-electron chi connectivity index (χ2n) is 3.23. The highest BCUT2D eigenvalue weighted by molar-refractivity contribution is 5.96. The van der Waals surface area contributed by atoms with E-state index in [9.17, 15) is 4.79 Å². The molecule has 0 heterocycles. The van der Waals surface area contributed by atoms with E-state index in [0.29, 0.717) is 30.9 Å². The minimum atomic E-state index is -0.581. The minimum Gasteiger partial charge on any atom is -0.493 e. The number of carbonyl (C=O) groups excluding carboxylic acids is 1. The molecule has 0 aromatic heterocycles. The van der Waals surface area contributed by atoms with Gasteiger partial charge in [0.1, 0.15) is 5.75 Å². The largest absolute Gasteiger partial charge is 0.493 e. The summed E-state index contributed by atoms with van der Waals surface area (Å²) in [5.41, 5.74) is 11.4. The number of nitrogens with two attached hydrogens (primary N) is 2. The van der Waals surface area contributed by atoms with Gasteiger partial charge in [-0.05, 0) is 24.6 Å². The van der Waals surface area contributed by atoms with Crippen LogP contribution in [0.1, 0.15) is 23.2 Å². The van der Waals surface area contributed by atoms with Crippen LogP contribution in [0.4, 0.5) is 5.69 Å². The van der Waals surface area contributed by atoms with Gasteiger partial charge in [-0.2, -0.15) is 5.26 Å². The van der Waals surface area contributed by atoms with Crippen LogP contribution in [0.5, 0.6) is 5.75 Å². The molecule has 0 radical (unpaired) electrons. The predicted molar refractivity (Wildman–Crippen MR) is 59.7 cm³/mol.